The van der Waals surface area contributed by atoms with Crippen molar-refractivity contribution >= 4 is 27.8 Å². The van der Waals surface area contributed by atoms with Crippen LogP contribution in [-0.4, -0.2) is 10.9 Å². The van der Waals surface area contributed by atoms with E-state index in [4.69, 9.17) is 4.42 Å². The van der Waals surface area contributed by atoms with Gasteiger partial charge in [0.1, 0.15) is 17.4 Å². The van der Waals surface area contributed by atoms with E-state index in [0.29, 0.717) is 6.42 Å². The maximum atomic E-state index is 13.0. The Kier molecular flexibility index (Phi) is 4.37. The Hall–Kier alpha value is -3.79. The number of nitrogens with one attached hydrogen (secondary N) is 2. The van der Waals surface area contributed by atoms with Gasteiger partial charge in [0.05, 0.1) is 6.42 Å². The molecular weight excluding hydrogens is 360 g/mol. The maximum Gasteiger partial charge on any atom is 0.225 e. The van der Waals surface area contributed by atoms with Crippen molar-refractivity contribution in [3.8, 4) is 0 Å². The zero-order chi connectivity index (χ0) is 19.6. The number of hydrogen-bond donors (Lipinski definition) is 2. The smallest absolute Gasteiger partial charge is 0.225 e. The van der Waals surface area contributed by atoms with Crippen LogP contribution in [0.5, 0.6) is 0 Å². The first-order valence-electron chi connectivity index (χ1n) is 9.66. The number of hydrogen-bond acceptors (Lipinski definition) is 2. The Balaban J connectivity index is 1.46. The third-order valence-electron chi connectivity index (χ3n) is 5.19. The highest BCUT2D eigenvalue weighted by atomic mass is 16.3. The number of fused-ring (bicyclic) bond motifs is 2. The lowest BCUT2D eigenvalue weighted by molar-refractivity contribution is -0.121. The number of carbonyl (C=O) groups excluding carboxylic acids is 1. The Morgan fingerprint density at radius 1 is 0.931 bits per heavy atom. The van der Waals surface area contributed by atoms with Crippen molar-refractivity contribution in [2.45, 2.75) is 12.5 Å². The predicted octanol–water partition coefficient (Wildman–Crippen LogP) is 5.36. The van der Waals surface area contributed by atoms with Crippen LogP contribution in [0.15, 0.2) is 95.5 Å². The molecule has 5 rings (SSSR count). The number of rotatable bonds is 5. The number of carbonyl (C=O) groups is 1. The molecule has 4 heteroatoms. The van der Waals surface area contributed by atoms with E-state index in [0.717, 1.165) is 38.8 Å². The minimum Gasteiger partial charge on any atom is -0.459 e. The van der Waals surface area contributed by atoms with E-state index in [-0.39, 0.29) is 11.9 Å². The first-order chi connectivity index (χ1) is 14.3. The lowest BCUT2D eigenvalue weighted by atomic mass is 10.0. The van der Waals surface area contributed by atoms with Crippen molar-refractivity contribution in [3.63, 3.8) is 0 Å². The van der Waals surface area contributed by atoms with E-state index in [9.17, 15) is 4.79 Å². The van der Waals surface area contributed by atoms with Crippen LogP contribution in [0.4, 0.5) is 0 Å². The third-order valence-corrected chi connectivity index (χ3v) is 5.19. The number of amides is 1. The van der Waals surface area contributed by atoms with Crippen molar-refractivity contribution in [3.05, 3.63) is 108 Å². The summed E-state index contributed by atoms with van der Waals surface area (Å²) < 4.78 is 6.07. The number of H-pyrrole nitrogens is 1. The van der Waals surface area contributed by atoms with Gasteiger partial charge in [-0.25, -0.2) is 0 Å². The lowest BCUT2D eigenvalue weighted by Crippen LogP contribution is -2.30. The van der Waals surface area contributed by atoms with E-state index in [2.05, 4.69) is 10.3 Å². The molecule has 2 heterocycles. The highest BCUT2D eigenvalue weighted by Crippen LogP contribution is 2.28. The molecule has 1 atom stereocenters. The molecule has 0 aliphatic heterocycles. The fourth-order valence-electron chi connectivity index (χ4n) is 3.77. The summed E-state index contributed by atoms with van der Waals surface area (Å²) in [6.45, 7) is 0. The minimum atomic E-state index is -0.346. The van der Waals surface area contributed by atoms with Crippen LogP contribution in [0, 0.1) is 0 Å². The van der Waals surface area contributed by atoms with Gasteiger partial charge >= 0.3 is 0 Å². The highest BCUT2D eigenvalue weighted by molar-refractivity contribution is 5.89. The molecule has 0 aliphatic carbocycles. The van der Waals surface area contributed by atoms with Crippen molar-refractivity contribution in [2.24, 2.45) is 0 Å². The minimum absolute atomic E-state index is 0.0518. The van der Waals surface area contributed by atoms with E-state index in [1.807, 2.05) is 91.1 Å². The molecule has 142 valence electrons. The molecule has 2 N–H and O–H groups in total. The first kappa shape index (κ1) is 17.3. The standard InChI is InChI=1S/C25H20N2O2/c28-24(15-19-16-26-21-12-6-5-11-20(19)21)27-25(17-8-2-1-3-9-17)23-14-18-10-4-7-13-22(18)29-23/h1-14,16,25-26H,15H2,(H,27,28). The Morgan fingerprint density at radius 3 is 2.55 bits per heavy atom. The molecular formula is C25H20N2O2. The number of aromatic nitrogens is 1. The van der Waals surface area contributed by atoms with Crippen LogP contribution in [-0.2, 0) is 11.2 Å². The van der Waals surface area contributed by atoms with Crippen molar-refractivity contribution < 1.29 is 9.21 Å². The van der Waals surface area contributed by atoms with Crippen molar-refractivity contribution in [1.82, 2.24) is 10.3 Å². The van der Waals surface area contributed by atoms with Gasteiger partial charge in [0.25, 0.3) is 0 Å². The topological polar surface area (TPSA) is 58.0 Å². The second-order valence-electron chi connectivity index (χ2n) is 7.13. The second kappa shape index (κ2) is 7.32. The number of para-hydroxylation sites is 2. The quantitative estimate of drug-likeness (QED) is 0.431. The SMILES string of the molecule is O=C(Cc1c[nH]c2ccccc12)NC(c1ccccc1)c1cc2ccccc2o1. The summed E-state index contributed by atoms with van der Waals surface area (Å²) in [6, 6.07) is 27.5. The maximum absolute atomic E-state index is 13.0. The summed E-state index contributed by atoms with van der Waals surface area (Å²) in [7, 11) is 0. The fourth-order valence-corrected chi connectivity index (χ4v) is 3.77. The Bertz CT molecular complexity index is 1250. The molecule has 3 aromatic carbocycles. The van der Waals surface area contributed by atoms with Crippen LogP contribution in [0.1, 0.15) is 22.9 Å². The van der Waals surface area contributed by atoms with E-state index >= 15 is 0 Å². The van der Waals surface area contributed by atoms with Gasteiger partial charge in [-0.3, -0.25) is 4.79 Å². The largest absolute Gasteiger partial charge is 0.459 e. The molecule has 0 aliphatic rings. The van der Waals surface area contributed by atoms with Crippen molar-refractivity contribution in [2.75, 3.05) is 0 Å². The Labute approximate surface area is 168 Å². The van der Waals surface area contributed by atoms with Crippen LogP contribution >= 0.6 is 0 Å². The summed E-state index contributed by atoms with van der Waals surface area (Å²) >= 11 is 0. The molecule has 4 nitrogen and oxygen atoms in total. The van der Waals surface area contributed by atoms with Gasteiger partial charge < -0.3 is 14.7 Å². The van der Waals surface area contributed by atoms with Gasteiger partial charge in [-0.15, -0.1) is 0 Å². The molecule has 0 bridgehead atoms. The van der Waals surface area contributed by atoms with Gasteiger partial charge in [0.2, 0.25) is 5.91 Å². The molecule has 0 saturated heterocycles. The van der Waals surface area contributed by atoms with Gasteiger partial charge in [-0.1, -0.05) is 66.7 Å². The highest BCUT2D eigenvalue weighted by Gasteiger charge is 2.21. The summed E-state index contributed by atoms with van der Waals surface area (Å²) in [5.74, 6) is 0.675. The van der Waals surface area contributed by atoms with Crippen LogP contribution < -0.4 is 5.32 Å². The molecule has 0 fully saturated rings. The average molecular weight is 380 g/mol. The van der Waals surface area contributed by atoms with Crippen molar-refractivity contribution in [1.29, 1.82) is 0 Å². The zero-order valence-electron chi connectivity index (χ0n) is 15.8. The van der Waals surface area contributed by atoms with E-state index in [1.165, 1.54) is 0 Å². The van der Waals surface area contributed by atoms with Gasteiger partial charge in [0, 0.05) is 22.5 Å². The number of aromatic amines is 1. The first-order valence-corrected chi connectivity index (χ1v) is 9.66. The molecule has 0 radical (unpaired) electrons. The summed E-state index contributed by atoms with van der Waals surface area (Å²) in [5.41, 5.74) is 3.81. The van der Waals surface area contributed by atoms with Crippen LogP contribution in [0.2, 0.25) is 0 Å². The Morgan fingerprint density at radius 2 is 1.69 bits per heavy atom. The molecule has 1 unspecified atom stereocenters. The molecule has 0 spiro atoms. The molecule has 2 aromatic heterocycles. The van der Waals surface area contributed by atoms with Crippen LogP contribution in [0.25, 0.3) is 21.9 Å². The molecule has 5 aromatic rings. The van der Waals surface area contributed by atoms with Crippen LogP contribution in [0.3, 0.4) is 0 Å². The average Bonchev–Trinajstić information content (AvgIpc) is 3.37. The summed E-state index contributed by atoms with van der Waals surface area (Å²) in [5, 5.41) is 5.26. The predicted molar refractivity (Wildman–Crippen MR) is 115 cm³/mol. The number of furan rings is 1. The van der Waals surface area contributed by atoms with Gasteiger partial charge in [-0.05, 0) is 29.3 Å². The van der Waals surface area contributed by atoms with Gasteiger partial charge in [0.15, 0.2) is 0 Å². The van der Waals surface area contributed by atoms with Gasteiger partial charge in [-0.2, -0.15) is 0 Å². The zero-order valence-corrected chi connectivity index (χ0v) is 15.8. The molecule has 1 amide bonds. The second-order valence-corrected chi connectivity index (χ2v) is 7.13. The van der Waals surface area contributed by atoms with E-state index < -0.39 is 0 Å². The molecule has 0 saturated carbocycles. The summed E-state index contributed by atoms with van der Waals surface area (Å²) in [4.78, 5) is 16.2. The summed E-state index contributed by atoms with van der Waals surface area (Å²) in [6.07, 6.45) is 2.20. The monoisotopic (exact) mass is 380 g/mol. The number of benzene rings is 3. The fraction of sp³-hybridized carbons (Fsp3) is 0.0800. The molecule has 29 heavy (non-hydrogen) atoms. The van der Waals surface area contributed by atoms with E-state index in [1.54, 1.807) is 0 Å². The third kappa shape index (κ3) is 3.41. The lowest BCUT2D eigenvalue weighted by Gasteiger charge is -2.17. The normalized spacial score (nSPS) is 12.3.